The number of esters is 1. The third kappa shape index (κ3) is 4.81. The van der Waals surface area contributed by atoms with Gasteiger partial charge in [-0.2, -0.15) is 0 Å². The maximum atomic E-state index is 12.7. The van der Waals surface area contributed by atoms with Crippen molar-refractivity contribution in [2.75, 3.05) is 6.61 Å². The first-order valence-corrected chi connectivity index (χ1v) is 11.5. The molecule has 2 heterocycles. The number of Topliss-reactive ketones (excluding diaryl/α,β-unsaturated/α-hetero) is 1. The molecule has 0 radical (unpaired) electrons. The topological polar surface area (TPSA) is 61.2 Å². The summed E-state index contributed by atoms with van der Waals surface area (Å²) in [5, 5.41) is 1.01. The van der Waals surface area contributed by atoms with Crippen molar-refractivity contribution in [2.24, 2.45) is 0 Å². The summed E-state index contributed by atoms with van der Waals surface area (Å²) in [7, 11) is 0. The van der Waals surface area contributed by atoms with Crippen molar-refractivity contribution in [2.45, 2.75) is 40.0 Å². The number of carbonyl (C=O) groups is 2. The molecule has 4 aromatic rings. The van der Waals surface area contributed by atoms with Gasteiger partial charge in [-0.25, -0.2) is 4.98 Å². The molecule has 0 aliphatic rings. The number of para-hydroxylation sites is 1. The Morgan fingerprint density at radius 1 is 1.03 bits per heavy atom. The lowest BCUT2D eigenvalue weighted by atomic mass is 10.1. The Kier molecular flexibility index (Phi) is 6.51. The van der Waals surface area contributed by atoms with Gasteiger partial charge in [-0.15, -0.1) is 11.3 Å². The standard InChI is InChI=1S/C26H26N2O3S/c1-17-11-13-20(14-12-17)28-18(2)15-21(19(28)3)23(29)16-31-26(30)10-6-9-25-27-22-7-4-5-8-24(22)32-25/h4-5,7-8,11-15H,6,9-10,16H2,1-3H3. The number of aromatic nitrogens is 2. The van der Waals surface area contributed by atoms with Gasteiger partial charge in [-0.3, -0.25) is 9.59 Å². The van der Waals surface area contributed by atoms with E-state index in [9.17, 15) is 9.59 Å². The van der Waals surface area contributed by atoms with Crippen LogP contribution in [0.15, 0.2) is 54.6 Å². The maximum Gasteiger partial charge on any atom is 0.306 e. The third-order valence-electron chi connectivity index (χ3n) is 5.50. The van der Waals surface area contributed by atoms with Crippen LogP contribution in [0, 0.1) is 20.8 Å². The van der Waals surface area contributed by atoms with Gasteiger partial charge in [0.15, 0.2) is 6.61 Å². The van der Waals surface area contributed by atoms with Crippen LogP contribution in [0.3, 0.4) is 0 Å². The van der Waals surface area contributed by atoms with E-state index in [2.05, 4.69) is 4.98 Å². The van der Waals surface area contributed by atoms with E-state index in [0.717, 1.165) is 38.7 Å². The van der Waals surface area contributed by atoms with Crippen LogP contribution in [0.1, 0.15) is 45.2 Å². The molecule has 0 aliphatic heterocycles. The molecule has 0 bridgehead atoms. The van der Waals surface area contributed by atoms with E-state index in [1.807, 2.05) is 79.9 Å². The van der Waals surface area contributed by atoms with Crippen LogP contribution in [-0.4, -0.2) is 27.9 Å². The highest BCUT2D eigenvalue weighted by Crippen LogP contribution is 2.23. The summed E-state index contributed by atoms with van der Waals surface area (Å²) in [4.78, 5) is 29.5. The lowest BCUT2D eigenvalue weighted by Crippen LogP contribution is -2.15. The first-order chi connectivity index (χ1) is 15.4. The molecule has 0 N–H and O–H groups in total. The quantitative estimate of drug-likeness (QED) is 0.255. The predicted molar refractivity (Wildman–Crippen MR) is 128 cm³/mol. The minimum Gasteiger partial charge on any atom is -0.457 e. The highest BCUT2D eigenvalue weighted by atomic mass is 32.1. The largest absolute Gasteiger partial charge is 0.457 e. The molecule has 0 atom stereocenters. The molecule has 0 unspecified atom stereocenters. The fraction of sp³-hybridized carbons (Fsp3) is 0.269. The van der Waals surface area contributed by atoms with Gasteiger partial charge in [-0.05, 0) is 63.9 Å². The molecule has 164 valence electrons. The van der Waals surface area contributed by atoms with Gasteiger partial charge in [0.05, 0.1) is 15.2 Å². The van der Waals surface area contributed by atoms with E-state index in [4.69, 9.17) is 4.74 Å². The number of benzene rings is 2. The zero-order valence-electron chi connectivity index (χ0n) is 18.6. The molecule has 0 amide bonds. The van der Waals surface area contributed by atoms with Crippen LogP contribution < -0.4 is 0 Å². The van der Waals surface area contributed by atoms with Crippen LogP contribution in [0.4, 0.5) is 0 Å². The molecule has 0 saturated heterocycles. The predicted octanol–water partition coefficient (Wildman–Crippen LogP) is 5.76. The van der Waals surface area contributed by atoms with Crippen LogP contribution in [0.2, 0.25) is 0 Å². The number of ketones is 1. The molecule has 0 fully saturated rings. The Balaban J connectivity index is 1.31. The van der Waals surface area contributed by atoms with E-state index < -0.39 is 0 Å². The van der Waals surface area contributed by atoms with Gasteiger partial charge >= 0.3 is 5.97 Å². The molecule has 2 aromatic carbocycles. The number of hydrogen-bond acceptors (Lipinski definition) is 5. The van der Waals surface area contributed by atoms with Crippen molar-refractivity contribution in [1.82, 2.24) is 9.55 Å². The summed E-state index contributed by atoms with van der Waals surface area (Å²) in [5.41, 5.74) is 5.59. The Morgan fingerprint density at radius 3 is 2.53 bits per heavy atom. The molecule has 0 spiro atoms. The van der Waals surface area contributed by atoms with Crippen molar-refractivity contribution < 1.29 is 14.3 Å². The Bertz CT molecular complexity index is 1240. The van der Waals surface area contributed by atoms with E-state index >= 15 is 0 Å². The van der Waals surface area contributed by atoms with Gasteiger partial charge in [0.2, 0.25) is 5.78 Å². The zero-order valence-corrected chi connectivity index (χ0v) is 19.4. The van der Waals surface area contributed by atoms with Gasteiger partial charge in [-0.1, -0.05) is 29.8 Å². The average Bonchev–Trinajstić information content (AvgIpc) is 3.32. The summed E-state index contributed by atoms with van der Waals surface area (Å²) in [6.07, 6.45) is 1.64. The molecule has 4 rings (SSSR count). The third-order valence-corrected chi connectivity index (χ3v) is 6.59. The Morgan fingerprint density at radius 2 is 1.78 bits per heavy atom. The SMILES string of the molecule is Cc1ccc(-n2c(C)cc(C(=O)COC(=O)CCCc3nc4ccccc4s3)c2C)cc1. The molecule has 5 nitrogen and oxygen atoms in total. The molecule has 32 heavy (non-hydrogen) atoms. The number of fused-ring (bicyclic) bond motifs is 1. The average molecular weight is 447 g/mol. The van der Waals surface area contributed by atoms with Crippen LogP contribution in [0.25, 0.3) is 15.9 Å². The van der Waals surface area contributed by atoms with E-state index in [1.54, 1.807) is 11.3 Å². The minimum atomic E-state index is -0.355. The maximum absolute atomic E-state index is 12.7. The van der Waals surface area contributed by atoms with Crippen molar-refractivity contribution in [3.8, 4) is 5.69 Å². The number of hydrogen-bond donors (Lipinski definition) is 0. The number of thiazole rings is 1. The summed E-state index contributed by atoms with van der Waals surface area (Å²) >= 11 is 1.65. The minimum absolute atomic E-state index is 0.184. The summed E-state index contributed by atoms with van der Waals surface area (Å²) in [6.45, 7) is 5.69. The van der Waals surface area contributed by atoms with Gasteiger partial charge in [0.25, 0.3) is 0 Å². The first kappa shape index (κ1) is 22.0. The van der Waals surface area contributed by atoms with Gasteiger partial charge in [0, 0.05) is 29.1 Å². The van der Waals surface area contributed by atoms with Crippen LogP contribution >= 0.6 is 11.3 Å². The number of nitrogens with zero attached hydrogens (tertiary/aromatic N) is 2. The van der Waals surface area contributed by atoms with E-state index in [1.165, 1.54) is 5.56 Å². The zero-order chi connectivity index (χ0) is 22.7. The lowest BCUT2D eigenvalue weighted by molar-refractivity contribution is -0.142. The number of rotatable bonds is 8. The van der Waals surface area contributed by atoms with Crippen molar-refractivity contribution >= 4 is 33.3 Å². The van der Waals surface area contributed by atoms with Crippen molar-refractivity contribution in [3.05, 3.63) is 82.1 Å². The molecule has 6 heteroatoms. The summed E-state index contributed by atoms with van der Waals surface area (Å²) in [5.74, 6) is -0.539. The number of aryl methyl sites for hydroxylation is 3. The lowest BCUT2D eigenvalue weighted by Gasteiger charge is -2.10. The van der Waals surface area contributed by atoms with Gasteiger partial charge < -0.3 is 9.30 Å². The van der Waals surface area contributed by atoms with Gasteiger partial charge in [0.1, 0.15) is 0 Å². The number of carbonyl (C=O) groups excluding carboxylic acids is 2. The molecule has 0 aliphatic carbocycles. The van der Waals surface area contributed by atoms with Crippen molar-refractivity contribution in [1.29, 1.82) is 0 Å². The highest BCUT2D eigenvalue weighted by Gasteiger charge is 2.18. The molecule has 0 saturated carbocycles. The molecular weight excluding hydrogens is 420 g/mol. The Hall–Kier alpha value is -3.25. The van der Waals surface area contributed by atoms with Crippen LogP contribution in [0.5, 0.6) is 0 Å². The smallest absolute Gasteiger partial charge is 0.306 e. The summed E-state index contributed by atoms with van der Waals surface area (Å²) in [6, 6.07) is 18.0. The van der Waals surface area contributed by atoms with Crippen LogP contribution in [-0.2, 0) is 16.0 Å². The molecule has 2 aromatic heterocycles. The van der Waals surface area contributed by atoms with Crippen molar-refractivity contribution in [3.63, 3.8) is 0 Å². The highest BCUT2D eigenvalue weighted by molar-refractivity contribution is 7.18. The Labute approximate surface area is 191 Å². The molecular formula is C26H26N2O3S. The van der Waals surface area contributed by atoms with E-state index in [-0.39, 0.29) is 24.8 Å². The monoisotopic (exact) mass is 446 g/mol. The fourth-order valence-corrected chi connectivity index (χ4v) is 4.85. The second-order valence-corrected chi connectivity index (χ2v) is 9.08. The fourth-order valence-electron chi connectivity index (χ4n) is 3.84. The number of ether oxygens (including phenoxy) is 1. The normalized spacial score (nSPS) is 11.1. The first-order valence-electron chi connectivity index (χ1n) is 10.7. The summed E-state index contributed by atoms with van der Waals surface area (Å²) < 4.78 is 8.47. The second kappa shape index (κ2) is 9.49. The van der Waals surface area contributed by atoms with E-state index in [0.29, 0.717) is 12.0 Å². The second-order valence-electron chi connectivity index (χ2n) is 7.97.